The molecule has 138 valence electrons. The van der Waals surface area contributed by atoms with Crippen LogP contribution in [0.5, 0.6) is 0 Å². The molecule has 27 heavy (non-hydrogen) atoms. The molecule has 1 amide bonds. The van der Waals surface area contributed by atoms with E-state index in [2.05, 4.69) is 36.3 Å². The number of halogens is 1. The van der Waals surface area contributed by atoms with Crippen molar-refractivity contribution in [2.45, 2.75) is 19.8 Å². The van der Waals surface area contributed by atoms with Crippen LogP contribution in [0.1, 0.15) is 35.7 Å². The number of anilines is 1. The molecule has 2 aromatic carbocycles. The molecule has 0 bridgehead atoms. The van der Waals surface area contributed by atoms with E-state index in [1.165, 1.54) is 35.1 Å². The van der Waals surface area contributed by atoms with Gasteiger partial charge in [-0.15, -0.1) is 11.3 Å². The van der Waals surface area contributed by atoms with E-state index in [0.717, 1.165) is 11.3 Å². The second-order valence-corrected chi connectivity index (χ2v) is 7.46. The maximum Gasteiger partial charge on any atom is 0.287 e. The highest BCUT2D eigenvalue weighted by molar-refractivity contribution is 7.14. The lowest BCUT2D eigenvalue weighted by atomic mass is 10.0. The van der Waals surface area contributed by atoms with Gasteiger partial charge < -0.3 is 0 Å². The number of nitrogens with zero attached hydrogens (tertiary/aromatic N) is 2. The van der Waals surface area contributed by atoms with Gasteiger partial charge in [-0.05, 0) is 23.6 Å². The number of thiazole rings is 1. The minimum atomic E-state index is -0.596. The van der Waals surface area contributed by atoms with Crippen molar-refractivity contribution in [2.75, 3.05) is 5.32 Å². The standard InChI is InChI=1S/C19H16ClN3O3S/c1-11(2)12-3-5-13(6-4-12)16-10-27-19(21-16)22-18(24)14-7-8-17(23(25)26)15(20)9-14/h3-11H,1-2H3,(H,21,22,24). The number of nitro groups is 1. The maximum atomic E-state index is 12.3. The molecule has 0 saturated heterocycles. The maximum absolute atomic E-state index is 12.3. The summed E-state index contributed by atoms with van der Waals surface area (Å²) < 4.78 is 0. The van der Waals surface area contributed by atoms with Crippen molar-refractivity contribution < 1.29 is 9.72 Å². The van der Waals surface area contributed by atoms with E-state index in [1.54, 1.807) is 0 Å². The Bertz CT molecular complexity index is 1000. The number of benzene rings is 2. The Morgan fingerprint density at radius 3 is 2.52 bits per heavy atom. The van der Waals surface area contributed by atoms with Crippen molar-refractivity contribution >= 4 is 39.7 Å². The highest BCUT2D eigenvalue weighted by Gasteiger charge is 2.16. The lowest BCUT2D eigenvalue weighted by molar-refractivity contribution is -0.384. The minimum absolute atomic E-state index is 0.0854. The average Bonchev–Trinajstić information content (AvgIpc) is 3.09. The van der Waals surface area contributed by atoms with Crippen LogP contribution in [0.15, 0.2) is 47.8 Å². The molecule has 0 spiro atoms. The number of rotatable bonds is 5. The number of aromatic nitrogens is 1. The Hall–Kier alpha value is -2.77. The van der Waals surface area contributed by atoms with E-state index in [0.29, 0.717) is 11.0 Å². The molecule has 0 fully saturated rings. The fraction of sp³-hybridized carbons (Fsp3) is 0.158. The highest BCUT2D eigenvalue weighted by Crippen LogP contribution is 2.28. The van der Waals surface area contributed by atoms with Crippen LogP contribution in [0, 0.1) is 10.1 Å². The van der Waals surface area contributed by atoms with Crippen molar-refractivity contribution in [2.24, 2.45) is 0 Å². The van der Waals surface area contributed by atoms with Gasteiger partial charge in [0.2, 0.25) is 0 Å². The molecule has 0 saturated carbocycles. The van der Waals surface area contributed by atoms with Gasteiger partial charge in [0.25, 0.3) is 11.6 Å². The smallest absolute Gasteiger partial charge is 0.287 e. The second-order valence-electron chi connectivity index (χ2n) is 6.19. The van der Waals surface area contributed by atoms with Gasteiger partial charge in [0.1, 0.15) is 5.02 Å². The average molecular weight is 402 g/mol. The van der Waals surface area contributed by atoms with E-state index in [1.807, 2.05) is 17.5 Å². The predicted octanol–water partition coefficient (Wildman–Crippen LogP) is 5.75. The summed E-state index contributed by atoms with van der Waals surface area (Å²) >= 11 is 7.16. The quantitative estimate of drug-likeness (QED) is 0.435. The molecule has 3 aromatic rings. The molecule has 0 atom stereocenters. The summed E-state index contributed by atoms with van der Waals surface area (Å²) in [4.78, 5) is 27.0. The van der Waals surface area contributed by atoms with E-state index >= 15 is 0 Å². The summed E-state index contributed by atoms with van der Waals surface area (Å²) in [5.41, 5.74) is 2.97. The van der Waals surface area contributed by atoms with Crippen LogP contribution in [-0.4, -0.2) is 15.8 Å². The number of hydrogen-bond acceptors (Lipinski definition) is 5. The molecule has 0 aliphatic carbocycles. The molecule has 0 aliphatic heterocycles. The van der Waals surface area contributed by atoms with Crippen LogP contribution in [-0.2, 0) is 0 Å². The molecule has 1 heterocycles. The Morgan fingerprint density at radius 2 is 1.93 bits per heavy atom. The van der Waals surface area contributed by atoms with Gasteiger partial charge in [-0.3, -0.25) is 20.2 Å². The molecule has 1 N–H and O–H groups in total. The first-order valence-corrected chi connectivity index (χ1v) is 9.42. The molecule has 0 unspecified atom stereocenters. The van der Waals surface area contributed by atoms with Crippen molar-refractivity contribution in [1.82, 2.24) is 4.98 Å². The Balaban J connectivity index is 1.74. The first-order chi connectivity index (χ1) is 12.8. The second kappa shape index (κ2) is 7.85. The summed E-state index contributed by atoms with van der Waals surface area (Å²) in [6.45, 7) is 4.27. The zero-order chi connectivity index (χ0) is 19.6. The van der Waals surface area contributed by atoms with Gasteiger partial charge in [0.05, 0.1) is 10.6 Å². The van der Waals surface area contributed by atoms with Crippen LogP contribution in [0.4, 0.5) is 10.8 Å². The number of nitro benzene ring substituents is 1. The van der Waals surface area contributed by atoms with Crippen molar-refractivity contribution in [3.8, 4) is 11.3 Å². The lowest BCUT2D eigenvalue weighted by Crippen LogP contribution is -2.11. The summed E-state index contributed by atoms with van der Waals surface area (Å²) in [6.07, 6.45) is 0. The molecular formula is C19H16ClN3O3S. The van der Waals surface area contributed by atoms with Crippen LogP contribution in [0.2, 0.25) is 5.02 Å². The van der Waals surface area contributed by atoms with Gasteiger partial charge in [-0.2, -0.15) is 0 Å². The highest BCUT2D eigenvalue weighted by atomic mass is 35.5. The third kappa shape index (κ3) is 4.32. The fourth-order valence-electron chi connectivity index (χ4n) is 2.47. The summed E-state index contributed by atoms with van der Waals surface area (Å²) in [7, 11) is 0. The number of carbonyl (C=O) groups excluding carboxylic acids is 1. The Labute approximate surface area is 165 Å². The normalized spacial score (nSPS) is 10.8. The SMILES string of the molecule is CC(C)c1ccc(-c2csc(NC(=O)c3ccc([N+](=O)[O-])c(Cl)c3)n2)cc1. The number of nitrogens with one attached hydrogen (secondary N) is 1. The van der Waals surface area contributed by atoms with Crippen LogP contribution < -0.4 is 5.32 Å². The monoisotopic (exact) mass is 401 g/mol. The van der Waals surface area contributed by atoms with Crippen LogP contribution in [0.3, 0.4) is 0 Å². The van der Waals surface area contributed by atoms with Gasteiger partial charge in [-0.1, -0.05) is 49.7 Å². The molecule has 0 aliphatic rings. The number of carbonyl (C=O) groups is 1. The third-order valence-electron chi connectivity index (χ3n) is 4.00. The van der Waals surface area contributed by atoms with Crippen molar-refractivity contribution in [3.05, 3.63) is 74.1 Å². The molecule has 1 aromatic heterocycles. The van der Waals surface area contributed by atoms with Crippen LogP contribution in [0.25, 0.3) is 11.3 Å². The van der Waals surface area contributed by atoms with Crippen molar-refractivity contribution in [1.29, 1.82) is 0 Å². The van der Waals surface area contributed by atoms with Gasteiger partial charge in [-0.25, -0.2) is 4.98 Å². The van der Waals surface area contributed by atoms with E-state index in [4.69, 9.17) is 11.6 Å². The molecule has 3 rings (SSSR count). The Morgan fingerprint density at radius 1 is 1.22 bits per heavy atom. The summed E-state index contributed by atoms with van der Waals surface area (Å²) in [6, 6.07) is 12.0. The number of amides is 1. The third-order valence-corrected chi connectivity index (χ3v) is 5.06. The fourth-order valence-corrected chi connectivity index (χ4v) is 3.43. The molecule has 6 nitrogen and oxygen atoms in total. The lowest BCUT2D eigenvalue weighted by Gasteiger charge is -2.05. The van der Waals surface area contributed by atoms with Crippen molar-refractivity contribution in [3.63, 3.8) is 0 Å². The molecule has 0 radical (unpaired) electrons. The van der Waals surface area contributed by atoms with Crippen LogP contribution >= 0.6 is 22.9 Å². The first kappa shape index (κ1) is 19.0. The summed E-state index contributed by atoms with van der Waals surface area (Å²) in [5.74, 6) is 0.0284. The molecular weight excluding hydrogens is 386 g/mol. The largest absolute Gasteiger partial charge is 0.298 e. The van der Waals surface area contributed by atoms with Gasteiger partial charge in [0.15, 0.2) is 5.13 Å². The predicted molar refractivity (Wildman–Crippen MR) is 108 cm³/mol. The van der Waals surface area contributed by atoms with E-state index in [-0.39, 0.29) is 16.3 Å². The Kier molecular flexibility index (Phi) is 5.53. The zero-order valence-electron chi connectivity index (χ0n) is 14.6. The molecule has 8 heteroatoms. The van der Waals surface area contributed by atoms with E-state index in [9.17, 15) is 14.9 Å². The zero-order valence-corrected chi connectivity index (χ0v) is 16.2. The van der Waals surface area contributed by atoms with E-state index < -0.39 is 10.8 Å². The van der Waals surface area contributed by atoms with Gasteiger partial charge in [0, 0.05) is 22.6 Å². The topological polar surface area (TPSA) is 85.1 Å². The number of hydrogen-bond donors (Lipinski definition) is 1. The first-order valence-electron chi connectivity index (χ1n) is 8.16. The minimum Gasteiger partial charge on any atom is -0.298 e. The summed E-state index contributed by atoms with van der Waals surface area (Å²) in [5, 5.41) is 15.7. The van der Waals surface area contributed by atoms with Gasteiger partial charge >= 0.3 is 0 Å².